The maximum absolute atomic E-state index is 13.2. The molecule has 3 unspecified atom stereocenters. The van der Waals surface area contributed by atoms with E-state index in [4.69, 9.17) is 4.74 Å². The highest BCUT2D eigenvalue weighted by atomic mass is 16.5. The van der Waals surface area contributed by atoms with Gasteiger partial charge in [0.1, 0.15) is 18.1 Å². The van der Waals surface area contributed by atoms with Gasteiger partial charge in [-0.2, -0.15) is 5.10 Å². The fraction of sp³-hybridized carbons (Fsp3) is 0.571. The number of methoxy groups -OCH3 is 1. The largest absolute Gasteiger partial charge is 0.495 e. The molecule has 4 rings (SSSR count). The fourth-order valence-corrected chi connectivity index (χ4v) is 4.78. The number of rotatable bonds is 5. The molecule has 0 bridgehead atoms. The first kappa shape index (κ1) is 19.5. The standard InChI is InChI=1S/C21H29N5O3/c1-4-18-23-24-20-21(28)25(15-7-5-6-8-16(15)26(18)20)12-19(27)22-14-11-13(2)9-10-17(14)29-3/h9-11,15-16,20,24H,4-8,12H2,1-3H3,(H,22,27). The van der Waals surface area contributed by atoms with E-state index in [2.05, 4.69) is 27.7 Å². The highest BCUT2D eigenvalue weighted by Gasteiger charge is 2.50. The number of nitrogens with zero attached hydrogens (tertiary/aromatic N) is 3. The average Bonchev–Trinajstić information content (AvgIpc) is 3.16. The number of carbonyl (C=O) groups is 2. The van der Waals surface area contributed by atoms with Crippen LogP contribution in [0.25, 0.3) is 0 Å². The Labute approximate surface area is 171 Å². The molecular weight excluding hydrogens is 370 g/mol. The number of amidine groups is 1. The molecule has 2 aliphatic heterocycles. The Morgan fingerprint density at radius 2 is 2.07 bits per heavy atom. The molecule has 3 aliphatic rings. The summed E-state index contributed by atoms with van der Waals surface area (Å²) in [6, 6.07) is 5.88. The van der Waals surface area contributed by atoms with Gasteiger partial charge in [0, 0.05) is 6.42 Å². The second kappa shape index (κ2) is 7.93. The van der Waals surface area contributed by atoms with Crippen LogP contribution in [0.2, 0.25) is 0 Å². The van der Waals surface area contributed by atoms with Crippen LogP contribution in [0.15, 0.2) is 23.3 Å². The lowest BCUT2D eigenvalue weighted by molar-refractivity contribution is -0.151. The van der Waals surface area contributed by atoms with E-state index in [-0.39, 0.29) is 30.4 Å². The van der Waals surface area contributed by atoms with Crippen molar-refractivity contribution in [3.8, 4) is 5.75 Å². The molecule has 2 heterocycles. The molecule has 1 aliphatic carbocycles. The summed E-state index contributed by atoms with van der Waals surface area (Å²) in [5, 5.41) is 7.31. The van der Waals surface area contributed by atoms with Gasteiger partial charge >= 0.3 is 0 Å². The van der Waals surface area contributed by atoms with Gasteiger partial charge in [-0.05, 0) is 37.5 Å². The van der Waals surface area contributed by atoms with Gasteiger partial charge in [0.2, 0.25) is 5.91 Å². The van der Waals surface area contributed by atoms with Gasteiger partial charge in [-0.25, -0.2) is 0 Å². The number of anilines is 1. The van der Waals surface area contributed by atoms with E-state index in [1.807, 2.05) is 25.1 Å². The van der Waals surface area contributed by atoms with Crippen molar-refractivity contribution in [1.82, 2.24) is 15.2 Å². The number of benzene rings is 1. The topological polar surface area (TPSA) is 86.3 Å². The molecule has 1 aromatic carbocycles. The van der Waals surface area contributed by atoms with Crippen molar-refractivity contribution in [3.05, 3.63) is 23.8 Å². The normalized spacial score (nSPS) is 25.7. The second-order valence-corrected chi connectivity index (χ2v) is 7.96. The third kappa shape index (κ3) is 3.52. The van der Waals surface area contributed by atoms with Crippen molar-refractivity contribution in [1.29, 1.82) is 0 Å². The van der Waals surface area contributed by atoms with E-state index in [9.17, 15) is 9.59 Å². The fourth-order valence-electron chi connectivity index (χ4n) is 4.78. The lowest BCUT2D eigenvalue weighted by Gasteiger charge is -2.51. The number of amides is 2. The van der Waals surface area contributed by atoms with Crippen molar-refractivity contribution in [2.75, 3.05) is 19.0 Å². The summed E-state index contributed by atoms with van der Waals surface area (Å²) < 4.78 is 5.35. The third-order valence-electron chi connectivity index (χ3n) is 6.12. The van der Waals surface area contributed by atoms with E-state index >= 15 is 0 Å². The first-order valence-electron chi connectivity index (χ1n) is 10.4. The number of carbonyl (C=O) groups excluding carboxylic acids is 2. The highest BCUT2D eigenvalue weighted by Crippen LogP contribution is 2.35. The summed E-state index contributed by atoms with van der Waals surface area (Å²) in [6.45, 7) is 4.05. The predicted octanol–water partition coefficient (Wildman–Crippen LogP) is 2.05. The number of hydrogen-bond acceptors (Lipinski definition) is 6. The molecule has 3 atom stereocenters. The molecule has 0 spiro atoms. The Morgan fingerprint density at radius 1 is 1.31 bits per heavy atom. The van der Waals surface area contributed by atoms with E-state index in [1.165, 1.54) is 0 Å². The first-order chi connectivity index (χ1) is 14.0. The summed E-state index contributed by atoms with van der Waals surface area (Å²) in [5.41, 5.74) is 4.64. The van der Waals surface area contributed by atoms with Gasteiger partial charge in [-0.15, -0.1) is 0 Å². The number of fused-ring (bicyclic) bond motifs is 3. The molecule has 0 aromatic heterocycles. The molecule has 1 aromatic rings. The lowest BCUT2D eigenvalue weighted by Crippen LogP contribution is -2.69. The zero-order chi connectivity index (χ0) is 20.5. The number of aryl methyl sites for hydroxylation is 1. The highest BCUT2D eigenvalue weighted by molar-refractivity contribution is 5.98. The molecule has 0 radical (unpaired) electrons. The maximum Gasteiger partial charge on any atom is 0.268 e. The second-order valence-electron chi connectivity index (χ2n) is 7.96. The van der Waals surface area contributed by atoms with Gasteiger partial charge in [-0.3, -0.25) is 15.0 Å². The Morgan fingerprint density at radius 3 is 2.79 bits per heavy atom. The molecule has 156 valence electrons. The van der Waals surface area contributed by atoms with Crippen LogP contribution < -0.4 is 15.5 Å². The van der Waals surface area contributed by atoms with Gasteiger partial charge in [0.25, 0.3) is 5.91 Å². The summed E-state index contributed by atoms with van der Waals surface area (Å²) in [6.07, 6.45) is 4.43. The number of nitrogens with one attached hydrogen (secondary N) is 2. The monoisotopic (exact) mass is 399 g/mol. The minimum Gasteiger partial charge on any atom is -0.495 e. The van der Waals surface area contributed by atoms with Crippen molar-refractivity contribution in [3.63, 3.8) is 0 Å². The van der Waals surface area contributed by atoms with Crippen LogP contribution in [-0.4, -0.2) is 59.4 Å². The molecule has 1 saturated heterocycles. The molecule has 2 N–H and O–H groups in total. The number of hydrogen-bond donors (Lipinski definition) is 2. The molecule has 2 fully saturated rings. The summed E-state index contributed by atoms with van der Waals surface area (Å²) >= 11 is 0. The van der Waals surface area contributed by atoms with E-state index in [0.717, 1.165) is 43.5 Å². The summed E-state index contributed by atoms with van der Waals surface area (Å²) in [4.78, 5) is 30.0. The van der Waals surface area contributed by atoms with E-state index < -0.39 is 6.17 Å². The SMILES string of the molecule is CCC1=NNC2C(=O)N(CC(=O)Nc3cc(C)ccc3OC)C3CCCCC3N12. The third-order valence-corrected chi connectivity index (χ3v) is 6.12. The number of piperazine rings is 1. The molecule has 2 amide bonds. The molecular formula is C21H29N5O3. The van der Waals surface area contributed by atoms with Crippen molar-refractivity contribution >= 4 is 23.3 Å². The first-order valence-corrected chi connectivity index (χ1v) is 10.4. The van der Waals surface area contributed by atoms with Crippen molar-refractivity contribution in [2.45, 2.75) is 64.2 Å². The molecule has 8 nitrogen and oxygen atoms in total. The van der Waals surface area contributed by atoms with Crippen LogP contribution in [-0.2, 0) is 9.59 Å². The van der Waals surface area contributed by atoms with Gasteiger partial charge in [0.05, 0.1) is 24.9 Å². The Bertz CT molecular complexity index is 840. The van der Waals surface area contributed by atoms with E-state index in [1.54, 1.807) is 12.0 Å². The van der Waals surface area contributed by atoms with Gasteiger partial charge in [0.15, 0.2) is 6.17 Å². The summed E-state index contributed by atoms with van der Waals surface area (Å²) in [5.74, 6) is 1.25. The number of hydrazone groups is 1. The van der Waals surface area contributed by atoms with Crippen LogP contribution in [0.4, 0.5) is 5.69 Å². The summed E-state index contributed by atoms with van der Waals surface area (Å²) in [7, 11) is 1.58. The molecule has 29 heavy (non-hydrogen) atoms. The van der Waals surface area contributed by atoms with Crippen molar-refractivity contribution < 1.29 is 14.3 Å². The zero-order valence-corrected chi connectivity index (χ0v) is 17.3. The zero-order valence-electron chi connectivity index (χ0n) is 17.3. The van der Waals surface area contributed by atoms with Gasteiger partial charge in [-0.1, -0.05) is 25.8 Å². The maximum atomic E-state index is 13.2. The van der Waals surface area contributed by atoms with Crippen LogP contribution in [0.3, 0.4) is 0 Å². The Balaban J connectivity index is 1.53. The van der Waals surface area contributed by atoms with Crippen LogP contribution in [0.1, 0.15) is 44.6 Å². The Hall–Kier alpha value is -2.77. The van der Waals surface area contributed by atoms with Crippen LogP contribution in [0, 0.1) is 6.92 Å². The minimum atomic E-state index is -0.495. The smallest absolute Gasteiger partial charge is 0.268 e. The Kier molecular flexibility index (Phi) is 5.34. The van der Waals surface area contributed by atoms with E-state index in [0.29, 0.717) is 11.4 Å². The average molecular weight is 399 g/mol. The molecule has 1 saturated carbocycles. The molecule has 8 heteroatoms. The quantitative estimate of drug-likeness (QED) is 0.791. The van der Waals surface area contributed by atoms with Crippen LogP contribution in [0.5, 0.6) is 5.75 Å². The lowest BCUT2D eigenvalue weighted by atomic mass is 9.85. The predicted molar refractivity (Wildman–Crippen MR) is 111 cm³/mol. The van der Waals surface area contributed by atoms with Crippen molar-refractivity contribution in [2.24, 2.45) is 5.10 Å². The minimum absolute atomic E-state index is 0.0323. The number of ether oxygens (including phenoxy) is 1. The van der Waals surface area contributed by atoms with Gasteiger partial charge < -0.3 is 19.9 Å². The van der Waals surface area contributed by atoms with Crippen LogP contribution >= 0.6 is 0 Å².